The van der Waals surface area contributed by atoms with Crippen LogP contribution < -0.4 is 15.5 Å². The van der Waals surface area contributed by atoms with Gasteiger partial charge in [0, 0.05) is 5.69 Å². The van der Waals surface area contributed by atoms with Crippen molar-refractivity contribution < 1.29 is 9.53 Å². The molecule has 4 rings (SSSR count). The van der Waals surface area contributed by atoms with Gasteiger partial charge in [-0.2, -0.15) is 0 Å². The maximum Gasteiger partial charge on any atom is 0.240 e. The monoisotopic (exact) mass is 487 g/mol. The average molecular weight is 488 g/mol. The van der Waals surface area contributed by atoms with E-state index in [1.165, 1.54) is 17.3 Å². The molecule has 0 fully saturated rings. The van der Waals surface area contributed by atoms with Crippen LogP contribution in [0.2, 0.25) is 0 Å². The molecule has 0 bridgehead atoms. The van der Waals surface area contributed by atoms with Crippen molar-refractivity contribution in [1.29, 1.82) is 0 Å². The number of amides is 1. The Hall–Kier alpha value is -2.52. The first-order valence-corrected chi connectivity index (χ1v) is 11.1. The van der Waals surface area contributed by atoms with Crippen LogP contribution in [0.25, 0.3) is 0 Å². The zero-order valence-corrected chi connectivity index (χ0v) is 19.5. The van der Waals surface area contributed by atoms with Gasteiger partial charge in [-0.1, -0.05) is 23.9 Å². The van der Waals surface area contributed by atoms with Gasteiger partial charge in [-0.05, 0) is 77.7 Å². The van der Waals surface area contributed by atoms with E-state index in [9.17, 15) is 4.79 Å². The molecule has 0 saturated carbocycles. The van der Waals surface area contributed by atoms with E-state index in [0.717, 1.165) is 32.9 Å². The first-order chi connectivity index (χ1) is 14.4. The highest BCUT2D eigenvalue weighted by Crippen LogP contribution is 2.39. The van der Waals surface area contributed by atoms with Gasteiger partial charge < -0.3 is 15.5 Å². The van der Waals surface area contributed by atoms with Gasteiger partial charge in [0.2, 0.25) is 11.1 Å². The quantitative estimate of drug-likeness (QED) is 0.568. The average Bonchev–Trinajstić information content (AvgIpc) is 3.09. The summed E-state index contributed by atoms with van der Waals surface area (Å²) in [5.74, 6) is 1.38. The summed E-state index contributed by atoms with van der Waals surface area (Å²) < 4.78 is 8.00. The third kappa shape index (κ3) is 3.91. The van der Waals surface area contributed by atoms with Crippen molar-refractivity contribution >= 4 is 39.3 Å². The van der Waals surface area contributed by atoms with Gasteiger partial charge in [0.05, 0.1) is 17.6 Å². The molecule has 2 atom stereocenters. The first-order valence-electron chi connectivity index (χ1n) is 9.44. The highest BCUT2D eigenvalue weighted by atomic mass is 79.9. The van der Waals surface area contributed by atoms with Gasteiger partial charge in [0.15, 0.2) is 0 Å². The number of hydrogen-bond donors (Lipinski definition) is 2. The van der Waals surface area contributed by atoms with Crippen LogP contribution in [0, 0.1) is 20.8 Å². The second kappa shape index (κ2) is 8.31. The smallest absolute Gasteiger partial charge is 0.240 e. The molecule has 0 aliphatic carbocycles. The maximum absolute atomic E-state index is 13.3. The van der Waals surface area contributed by atoms with Gasteiger partial charge >= 0.3 is 0 Å². The lowest BCUT2D eigenvalue weighted by atomic mass is 10.0. The van der Waals surface area contributed by atoms with E-state index in [0.29, 0.717) is 5.16 Å². The molecule has 7 nitrogen and oxygen atoms in total. The van der Waals surface area contributed by atoms with E-state index >= 15 is 0 Å². The number of halogens is 1. The standard InChI is InChI=1S/C21H22BrN5O2S/c1-11-5-7-15(9-12(11)2)23-20(28)19-18(14-6-8-17(29-4)16(22)10-14)26-27-13(3)24-25-21(27)30-19/h5-10,18-19,26H,1-4H3,(H,23,28). The lowest BCUT2D eigenvalue weighted by Gasteiger charge is -2.33. The maximum atomic E-state index is 13.3. The van der Waals surface area contributed by atoms with E-state index < -0.39 is 5.25 Å². The number of ether oxygens (including phenoxy) is 1. The second-order valence-corrected chi connectivity index (χ2v) is 9.16. The van der Waals surface area contributed by atoms with Crippen molar-refractivity contribution in [3.8, 4) is 5.75 Å². The van der Waals surface area contributed by atoms with Gasteiger partial charge in [-0.15, -0.1) is 10.2 Å². The minimum atomic E-state index is -0.442. The molecule has 1 aromatic heterocycles. The number of thioether (sulfide) groups is 1. The highest BCUT2D eigenvalue weighted by Gasteiger charge is 2.37. The largest absolute Gasteiger partial charge is 0.496 e. The fraction of sp³-hybridized carbons (Fsp3) is 0.286. The van der Waals surface area contributed by atoms with Crippen LogP contribution >= 0.6 is 27.7 Å². The highest BCUT2D eigenvalue weighted by molar-refractivity contribution is 9.10. The molecule has 2 N–H and O–H groups in total. The summed E-state index contributed by atoms with van der Waals surface area (Å²) in [4.78, 5) is 13.3. The number of rotatable bonds is 4. The lowest BCUT2D eigenvalue weighted by molar-refractivity contribution is -0.116. The van der Waals surface area contributed by atoms with Crippen LogP contribution in [0.3, 0.4) is 0 Å². The number of methoxy groups -OCH3 is 1. The minimum absolute atomic E-state index is 0.0976. The Labute approximate surface area is 187 Å². The summed E-state index contributed by atoms with van der Waals surface area (Å²) in [6.45, 7) is 5.96. The Morgan fingerprint density at radius 2 is 1.97 bits per heavy atom. The predicted octanol–water partition coefficient (Wildman–Crippen LogP) is 4.37. The van der Waals surface area contributed by atoms with Gasteiger partial charge in [0.1, 0.15) is 16.8 Å². The molecule has 1 aliphatic rings. The number of carbonyl (C=O) groups is 1. The molecule has 30 heavy (non-hydrogen) atoms. The Bertz CT molecular complexity index is 1120. The molecule has 0 radical (unpaired) electrons. The summed E-state index contributed by atoms with van der Waals surface area (Å²) in [6.07, 6.45) is 0. The van der Waals surface area contributed by atoms with E-state index in [-0.39, 0.29) is 11.9 Å². The van der Waals surface area contributed by atoms with Crippen LogP contribution in [0.4, 0.5) is 5.69 Å². The normalized spacial score (nSPS) is 17.8. The molecular weight excluding hydrogens is 466 g/mol. The zero-order valence-electron chi connectivity index (χ0n) is 17.1. The van der Waals surface area contributed by atoms with Crippen LogP contribution in [0.5, 0.6) is 5.75 Å². The summed E-state index contributed by atoms with van der Waals surface area (Å²) in [7, 11) is 1.63. The van der Waals surface area contributed by atoms with Crippen molar-refractivity contribution in [1.82, 2.24) is 14.9 Å². The number of fused-ring (bicyclic) bond motifs is 1. The number of nitrogens with zero attached hydrogens (tertiary/aromatic N) is 3. The van der Waals surface area contributed by atoms with Crippen LogP contribution in [-0.4, -0.2) is 33.1 Å². The number of aryl methyl sites for hydroxylation is 3. The molecule has 9 heteroatoms. The van der Waals surface area contributed by atoms with Crippen LogP contribution in [0.15, 0.2) is 46.0 Å². The molecule has 0 saturated heterocycles. The summed E-state index contributed by atoms with van der Waals surface area (Å²) in [5, 5.41) is 11.6. The molecule has 2 unspecified atom stereocenters. The fourth-order valence-corrected chi connectivity index (χ4v) is 5.00. The topological polar surface area (TPSA) is 81.1 Å². The molecule has 1 amide bonds. The predicted molar refractivity (Wildman–Crippen MR) is 122 cm³/mol. The Morgan fingerprint density at radius 3 is 2.67 bits per heavy atom. The molecule has 3 aromatic rings. The Morgan fingerprint density at radius 1 is 1.17 bits per heavy atom. The van der Waals surface area contributed by atoms with Gasteiger partial charge in [-0.3, -0.25) is 4.79 Å². The zero-order chi connectivity index (χ0) is 21.4. The van der Waals surface area contributed by atoms with Crippen molar-refractivity contribution in [2.45, 2.75) is 37.2 Å². The third-order valence-electron chi connectivity index (χ3n) is 5.17. The number of carbonyl (C=O) groups excluding carboxylic acids is 1. The molecule has 0 spiro atoms. The van der Waals surface area contributed by atoms with Gasteiger partial charge in [0.25, 0.3) is 0 Å². The lowest BCUT2D eigenvalue weighted by Crippen LogP contribution is -2.41. The fourth-order valence-electron chi connectivity index (χ4n) is 3.32. The number of hydrogen-bond acceptors (Lipinski definition) is 6. The van der Waals surface area contributed by atoms with E-state index in [2.05, 4.69) is 43.8 Å². The SMILES string of the molecule is COc1ccc(C2Nn3c(C)nnc3SC2C(=O)Nc2ccc(C)c(C)c2)cc1Br. The number of anilines is 1. The van der Waals surface area contributed by atoms with Crippen molar-refractivity contribution in [3.05, 3.63) is 63.4 Å². The van der Waals surface area contributed by atoms with Crippen LogP contribution in [-0.2, 0) is 4.79 Å². The molecule has 2 aromatic carbocycles. The van der Waals surface area contributed by atoms with Crippen LogP contribution in [0.1, 0.15) is 28.6 Å². The van der Waals surface area contributed by atoms with Gasteiger partial charge in [-0.25, -0.2) is 4.68 Å². The molecule has 1 aliphatic heterocycles. The number of benzene rings is 2. The Balaban J connectivity index is 1.68. The van der Waals surface area contributed by atoms with Crippen molar-refractivity contribution in [2.75, 3.05) is 17.9 Å². The number of aromatic nitrogens is 3. The number of nitrogens with one attached hydrogen (secondary N) is 2. The third-order valence-corrected chi connectivity index (χ3v) is 7.00. The molecular formula is C21H22BrN5O2S. The summed E-state index contributed by atoms with van der Waals surface area (Å²) >= 11 is 4.95. The Kier molecular flexibility index (Phi) is 5.75. The summed E-state index contributed by atoms with van der Waals surface area (Å²) in [5.41, 5.74) is 7.46. The summed E-state index contributed by atoms with van der Waals surface area (Å²) in [6, 6.07) is 11.5. The minimum Gasteiger partial charge on any atom is -0.496 e. The first kappa shape index (κ1) is 20.7. The second-order valence-electron chi connectivity index (χ2n) is 7.19. The van der Waals surface area contributed by atoms with Crippen molar-refractivity contribution in [3.63, 3.8) is 0 Å². The van der Waals surface area contributed by atoms with E-state index in [4.69, 9.17) is 4.74 Å². The van der Waals surface area contributed by atoms with Crippen molar-refractivity contribution in [2.24, 2.45) is 0 Å². The van der Waals surface area contributed by atoms with E-state index in [1.807, 2.05) is 54.9 Å². The molecule has 156 valence electrons. The van der Waals surface area contributed by atoms with E-state index in [1.54, 1.807) is 7.11 Å². The molecule has 2 heterocycles.